The van der Waals surface area contributed by atoms with Crippen LogP contribution in [0.4, 0.5) is 5.69 Å². The summed E-state index contributed by atoms with van der Waals surface area (Å²) in [6.07, 6.45) is 4.33. The van der Waals surface area contributed by atoms with Gasteiger partial charge in [-0.2, -0.15) is 4.31 Å². The Balaban J connectivity index is 1.66. The maximum Gasteiger partial charge on any atom is 0.243 e. The van der Waals surface area contributed by atoms with Gasteiger partial charge in [0.25, 0.3) is 0 Å². The molecule has 0 atom stereocenters. The van der Waals surface area contributed by atoms with Gasteiger partial charge in [-0.3, -0.25) is 4.79 Å². The van der Waals surface area contributed by atoms with Crippen LogP contribution in [-0.2, 0) is 14.8 Å². The number of sulfonamides is 1. The fourth-order valence-electron chi connectivity index (χ4n) is 3.19. The van der Waals surface area contributed by atoms with E-state index in [1.807, 2.05) is 6.92 Å². The minimum absolute atomic E-state index is 0.208. The maximum atomic E-state index is 12.9. The Morgan fingerprint density at radius 2 is 1.88 bits per heavy atom. The number of anilines is 1. The average molecular weight is 365 g/mol. The number of rotatable bonds is 6. The number of piperidine rings is 1. The van der Waals surface area contributed by atoms with E-state index in [1.54, 1.807) is 22.5 Å². The summed E-state index contributed by atoms with van der Waals surface area (Å²) in [4.78, 5) is 11.5. The summed E-state index contributed by atoms with van der Waals surface area (Å²) >= 11 is 0. The van der Waals surface area contributed by atoms with Gasteiger partial charge in [-0.25, -0.2) is 8.42 Å². The highest BCUT2D eigenvalue weighted by Gasteiger charge is 2.30. The van der Waals surface area contributed by atoms with Crippen molar-refractivity contribution in [2.24, 2.45) is 5.92 Å². The van der Waals surface area contributed by atoms with E-state index in [2.05, 4.69) is 10.6 Å². The number of nitrogens with one attached hydrogen (secondary N) is 2. The molecule has 0 bridgehead atoms. The van der Waals surface area contributed by atoms with Gasteiger partial charge < -0.3 is 10.6 Å². The summed E-state index contributed by atoms with van der Waals surface area (Å²) < 4.78 is 27.4. The molecule has 1 amide bonds. The third-order valence-corrected chi connectivity index (χ3v) is 6.90. The highest BCUT2D eigenvalue weighted by Crippen LogP contribution is 2.29. The van der Waals surface area contributed by atoms with E-state index in [-0.39, 0.29) is 10.8 Å². The van der Waals surface area contributed by atoms with Crippen LogP contribution in [0.15, 0.2) is 23.1 Å². The fraction of sp³-hybridized carbons (Fsp3) is 0.611. The molecule has 2 aliphatic rings. The molecule has 0 unspecified atom stereocenters. The number of benzene rings is 1. The standard InChI is InChI=1S/C18H27N3O3S/c1-13-3-6-17(11-18(13)20-14(2)22)25(23,24)21-9-7-16(8-10-21)19-12-15-4-5-15/h3,6,11,15-16,19H,4-5,7-10,12H2,1-2H3,(H,20,22). The van der Waals surface area contributed by atoms with E-state index in [0.29, 0.717) is 24.8 Å². The van der Waals surface area contributed by atoms with Gasteiger partial charge in [-0.15, -0.1) is 0 Å². The first kappa shape index (κ1) is 18.4. The third-order valence-electron chi connectivity index (χ3n) is 5.00. The second kappa shape index (κ2) is 7.43. The van der Waals surface area contributed by atoms with E-state index in [9.17, 15) is 13.2 Å². The lowest BCUT2D eigenvalue weighted by Gasteiger charge is -2.32. The molecule has 0 aromatic heterocycles. The van der Waals surface area contributed by atoms with Gasteiger partial charge in [0.2, 0.25) is 15.9 Å². The molecule has 25 heavy (non-hydrogen) atoms. The molecular formula is C18H27N3O3S. The summed E-state index contributed by atoms with van der Waals surface area (Å²) in [7, 11) is -3.53. The molecule has 1 aromatic carbocycles. The Labute approximate surface area is 150 Å². The molecule has 0 spiro atoms. The first-order valence-electron chi connectivity index (χ1n) is 8.98. The predicted molar refractivity (Wildman–Crippen MR) is 98.0 cm³/mol. The minimum Gasteiger partial charge on any atom is -0.326 e. The molecule has 2 N–H and O–H groups in total. The summed E-state index contributed by atoms with van der Waals surface area (Å²) in [6.45, 7) is 5.40. The van der Waals surface area contributed by atoms with E-state index < -0.39 is 10.0 Å². The Hall–Kier alpha value is -1.44. The number of aryl methyl sites for hydroxylation is 1. The van der Waals surface area contributed by atoms with E-state index >= 15 is 0 Å². The van der Waals surface area contributed by atoms with Crippen molar-refractivity contribution in [1.29, 1.82) is 0 Å². The van der Waals surface area contributed by atoms with Crippen LogP contribution < -0.4 is 10.6 Å². The molecule has 1 saturated carbocycles. The smallest absolute Gasteiger partial charge is 0.243 e. The van der Waals surface area contributed by atoms with Crippen LogP contribution >= 0.6 is 0 Å². The van der Waals surface area contributed by atoms with Gasteiger partial charge in [0.15, 0.2) is 0 Å². The van der Waals surface area contributed by atoms with Crippen LogP contribution in [0.3, 0.4) is 0 Å². The summed E-state index contributed by atoms with van der Waals surface area (Å²) in [6, 6.07) is 5.33. The van der Waals surface area contributed by atoms with Crippen molar-refractivity contribution in [3.63, 3.8) is 0 Å². The van der Waals surface area contributed by atoms with Crippen LogP contribution in [0.2, 0.25) is 0 Å². The monoisotopic (exact) mass is 365 g/mol. The van der Waals surface area contributed by atoms with Crippen LogP contribution in [0.1, 0.15) is 38.2 Å². The van der Waals surface area contributed by atoms with Crippen molar-refractivity contribution in [1.82, 2.24) is 9.62 Å². The lowest BCUT2D eigenvalue weighted by atomic mass is 10.1. The normalized spacial score (nSPS) is 19.8. The Kier molecular flexibility index (Phi) is 5.46. The average Bonchev–Trinajstić information content (AvgIpc) is 3.39. The third kappa shape index (κ3) is 4.59. The molecule has 1 aromatic rings. The predicted octanol–water partition coefficient (Wildman–Crippen LogP) is 2.11. The van der Waals surface area contributed by atoms with Crippen molar-refractivity contribution in [2.75, 3.05) is 25.0 Å². The summed E-state index contributed by atoms with van der Waals surface area (Å²) in [5.41, 5.74) is 1.40. The highest BCUT2D eigenvalue weighted by molar-refractivity contribution is 7.89. The van der Waals surface area contributed by atoms with Gasteiger partial charge in [0.1, 0.15) is 0 Å². The van der Waals surface area contributed by atoms with Crippen molar-refractivity contribution in [3.8, 4) is 0 Å². The molecule has 1 aliphatic carbocycles. The van der Waals surface area contributed by atoms with Gasteiger partial charge in [-0.05, 0) is 62.8 Å². The first-order valence-corrected chi connectivity index (χ1v) is 10.4. The lowest BCUT2D eigenvalue weighted by Crippen LogP contribution is -2.45. The molecule has 1 saturated heterocycles. The quantitative estimate of drug-likeness (QED) is 0.809. The number of nitrogens with zero attached hydrogens (tertiary/aromatic N) is 1. The van der Waals surface area contributed by atoms with Crippen molar-refractivity contribution in [2.45, 2.75) is 50.5 Å². The second-order valence-corrected chi connectivity index (χ2v) is 9.13. The topological polar surface area (TPSA) is 78.5 Å². The Bertz CT molecular complexity index is 736. The molecule has 0 radical (unpaired) electrons. The van der Waals surface area contributed by atoms with Crippen LogP contribution in [0.25, 0.3) is 0 Å². The second-order valence-electron chi connectivity index (χ2n) is 7.19. The number of hydrogen-bond acceptors (Lipinski definition) is 4. The number of hydrogen-bond donors (Lipinski definition) is 2. The number of carbonyl (C=O) groups excluding carboxylic acids is 1. The fourth-order valence-corrected chi connectivity index (χ4v) is 4.69. The van der Waals surface area contributed by atoms with Gasteiger partial charge >= 0.3 is 0 Å². The highest BCUT2D eigenvalue weighted by atomic mass is 32.2. The van der Waals surface area contributed by atoms with E-state index in [4.69, 9.17) is 0 Å². The van der Waals surface area contributed by atoms with Gasteiger partial charge in [0, 0.05) is 31.7 Å². The van der Waals surface area contributed by atoms with Crippen molar-refractivity contribution in [3.05, 3.63) is 23.8 Å². The Morgan fingerprint density at radius 1 is 1.20 bits per heavy atom. The van der Waals surface area contributed by atoms with Gasteiger partial charge in [0.05, 0.1) is 4.90 Å². The summed E-state index contributed by atoms with van der Waals surface area (Å²) in [5.74, 6) is 0.627. The first-order chi connectivity index (χ1) is 11.9. The van der Waals surface area contributed by atoms with Crippen LogP contribution in [0.5, 0.6) is 0 Å². The molecule has 1 aliphatic heterocycles. The van der Waals surface area contributed by atoms with Gasteiger partial charge in [-0.1, -0.05) is 6.07 Å². The minimum atomic E-state index is -3.53. The molecule has 2 fully saturated rings. The molecule has 3 rings (SSSR count). The zero-order valence-corrected chi connectivity index (χ0v) is 15.7. The largest absolute Gasteiger partial charge is 0.326 e. The molecule has 6 nitrogen and oxygen atoms in total. The van der Waals surface area contributed by atoms with Crippen molar-refractivity contribution < 1.29 is 13.2 Å². The number of carbonyl (C=O) groups is 1. The van der Waals surface area contributed by atoms with Crippen LogP contribution in [0, 0.1) is 12.8 Å². The van der Waals surface area contributed by atoms with Crippen molar-refractivity contribution >= 4 is 21.6 Å². The molecule has 138 valence electrons. The molecular weight excluding hydrogens is 338 g/mol. The van der Waals surface area contributed by atoms with E-state index in [0.717, 1.165) is 30.9 Å². The SMILES string of the molecule is CC(=O)Nc1cc(S(=O)(=O)N2CCC(NCC3CC3)CC2)ccc1C. The molecule has 1 heterocycles. The zero-order chi connectivity index (χ0) is 18.0. The van der Waals surface area contributed by atoms with E-state index in [1.165, 1.54) is 19.8 Å². The lowest BCUT2D eigenvalue weighted by molar-refractivity contribution is -0.114. The van der Waals surface area contributed by atoms with Crippen LogP contribution in [-0.4, -0.2) is 44.3 Å². The summed E-state index contributed by atoms with van der Waals surface area (Å²) in [5, 5.41) is 6.26. The zero-order valence-electron chi connectivity index (χ0n) is 14.9. The Morgan fingerprint density at radius 3 is 2.48 bits per heavy atom. The maximum absolute atomic E-state index is 12.9. The number of amides is 1. The molecule has 7 heteroatoms.